The number of aliphatic hydroxyl groups excluding tert-OH is 1. The summed E-state index contributed by atoms with van der Waals surface area (Å²) in [5.41, 5.74) is 0.568. The van der Waals surface area contributed by atoms with E-state index >= 15 is 0 Å². The van der Waals surface area contributed by atoms with Gasteiger partial charge in [-0.3, -0.25) is 4.90 Å². The Labute approximate surface area is 117 Å². The molecule has 1 aliphatic rings. The molecular formula is C12H21N5O3. The minimum atomic E-state index is -0.524. The Bertz CT molecular complexity index is 430. The highest BCUT2D eigenvalue weighted by atomic mass is 16.5. The summed E-state index contributed by atoms with van der Waals surface area (Å²) >= 11 is 0. The number of carbonyl (C=O) groups is 1. The zero-order valence-corrected chi connectivity index (χ0v) is 11.7. The molecule has 1 atom stereocenters. The van der Waals surface area contributed by atoms with Crippen LogP contribution in [0, 0.1) is 0 Å². The maximum atomic E-state index is 12.2. The summed E-state index contributed by atoms with van der Waals surface area (Å²) in [5, 5.41) is 20.1. The molecule has 1 aromatic rings. The highest BCUT2D eigenvalue weighted by molar-refractivity contribution is 5.77. The average molecular weight is 283 g/mol. The van der Waals surface area contributed by atoms with Gasteiger partial charge in [0.05, 0.1) is 26.0 Å². The van der Waals surface area contributed by atoms with Crippen molar-refractivity contribution < 1.29 is 14.6 Å². The van der Waals surface area contributed by atoms with Crippen LogP contribution in [0.25, 0.3) is 0 Å². The summed E-state index contributed by atoms with van der Waals surface area (Å²) in [5.74, 6) is -0.301. The van der Waals surface area contributed by atoms with E-state index in [1.54, 1.807) is 13.1 Å². The van der Waals surface area contributed by atoms with Gasteiger partial charge in [0.1, 0.15) is 5.69 Å². The van der Waals surface area contributed by atoms with Gasteiger partial charge in [-0.1, -0.05) is 5.21 Å². The molecule has 2 rings (SSSR count). The van der Waals surface area contributed by atoms with Crippen molar-refractivity contribution in [3.8, 4) is 0 Å². The van der Waals surface area contributed by atoms with Crippen LogP contribution in [0.4, 0.5) is 0 Å². The molecule has 112 valence electrons. The van der Waals surface area contributed by atoms with Crippen molar-refractivity contribution in [1.82, 2.24) is 25.2 Å². The van der Waals surface area contributed by atoms with Gasteiger partial charge in [0.2, 0.25) is 0 Å². The van der Waals surface area contributed by atoms with Gasteiger partial charge in [0.25, 0.3) is 0 Å². The average Bonchev–Trinajstić information content (AvgIpc) is 2.89. The molecule has 8 nitrogen and oxygen atoms in total. The third-order valence-corrected chi connectivity index (χ3v) is 3.19. The van der Waals surface area contributed by atoms with E-state index in [-0.39, 0.29) is 12.6 Å². The number of nitrogens with one attached hydrogen (secondary N) is 1. The molecule has 1 saturated heterocycles. The van der Waals surface area contributed by atoms with E-state index in [9.17, 15) is 4.79 Å². The lowest BCUT2D eigenvalue weighted by molar-refractivity contribution is -0.150. The molecule has 0 aliphatic carbocycles. The van der Waals surface area contributed by atoms with E-state index in [2.05, 4.69) is 15.6 Å². The highest BCUT2D eigenvalue weighted by Gasteiger charge is 2.32. The van der Waals surface area contributed by atoms with Gasteiger partial charge < -0.3 is 15.2 Å². The topological polar surface area (TPSA) is 92.5 Å². The Hall–Kier alpha value is -1.51. The van der Waals surface area contributed by atoms with Crippen LogP contribution in [-0.4, -0.2) is 70.4 Å². The molecular weight excluding hydrogens is 262 g/mol. The monoisotopic (exact) mass is 283 g/mol. The number of piperazine rings is 1. The molecule has 1 unspecified atom stereocenters. The van der Waals surface area contributed by atoms with Gasteiger partial charge in [-0.2, -0.15) is 0 Å². The second-order valence-electron chi connectivity index (χ2n) is 4.57. The van der Waals surface area contributed by atoms with Crippen molar-refractivity contribution in [1.29, 1.82) is 0 Å². The number of nitrogens with zero attached hydrogens (tertiary/aromatic N) is 4. The first kappa shape index (κ1) is 14.9. The number of aliphatic hydroxyl groups is 1. The second kappa shape index (κ2) is 7.32. The Morgan fingerprint density at radius 1 is 1.55 bits per heavy atom. The third kappa shape index (κ3) is 3.53. The normalized spacial score (nSPS) is 17.9. The van der Waals surface area contributed by atoms with E-state index in [1.165, 1.54) is 4.68 Å². The first-order valence-electron chi connectivity index (χ1n) is 6.88. The van der Waals surface area contributed by atoms with Crippen LogP contribution in [0.3, 0.4) is 0 Å². The Morgan fingerprint density at radius 2 is 2.30 bits per heavy atom. The molecule has 0 radical (unpaired) electrons. The van der Waals surface area contributed by atoms with Gasteiger partial charge in [0, 0.05) is 26.2 Å². The second-order valence-corrected chi connectivity index (χ2v) is 4.57. The molecule has 8 heteroatoms. The van der Waals surface area contributed by atoms with E-state index in [0.717, 1.165) is 26.2 Å². The molecule has 2 N–H and O–H groups in total. The number of carbonyl (C=O) groups excluding carboxylic acids is 1. The van der Waals surface area contributed by atoms with Gasteiger partial charge in [-0.05, 0) is 6.92 Å². The third-order valence-electron chi connectivity index (χ3n) is 3.19. The van der Waals surface area contributed by atoms with Crippen molar-refractivity contribution >= 4 is 5.97 Å². The summed E-state index contributed by atoms with van der Waals surface area (Å²) in [4.78, 5) is 14.2. The lowest BCUT2D eigenvalue weighted by Gasteiger charge is -2.32. The Kier molecular flexibility index (Phi) is 5.45. The first-order valence-corrected chi connectivity index (χ1v) is 6.88. The summed E-state index contributed by atoms with van der Waals surface area (Å²) in [6.45, 7) is 5.67. The maximum absolute atomic E-state index is 12.2. The fourth-order valence-electron chi connectivity index (χ4n) is 2.27. The van der Waals surface area contributed by atoms with Gasteiger partial charge in [-0.25, -0.2) is 9.48 Å². The molecule has 0 spiro atoms. The fraction of sp³-hybridized carbons (Fsp3) is 0.750. The minimum Gasteiger partial charge on any atom is -0.465 e. The Balaban J connectivity index is 2.17. The number of rotatable bonds is 6. The number of hydrogen-bond donors (Lipinski definition) is 2. The number of aromatic nitrogens is 3. The molecule has 1 fully saturated rings. The largest absolute Gasteiger partial charge is 0.465 e. The SMILES string of the molecule is CCOC(=O)C(c1cn(CCO)nn1)N1CCNCC1. The number of esters is 1. The molecule has 0 amide bonds. The van der Waals surface area contributed by atoms with Crippen molar-refractivity contribution in [2.45, 2.75) is 19.5 Å². The van der Waals surface area contributed by atoms with Crippen LogP contribution in [-0.2, 0) is 16.1 Å². The van der Waals surface area contributed by atoms with Gasteiger partial charge >= 0.3 is 5.97 Å². The van der Waals surface area contributed by atoms with Crippen LogP contribution < -0.4 is 5.32 Å². The lowest BCUT2D eigenvalue weighted by Crippen LogP contribution is -2.47. The molecule has 0 bridgehead atoms. The van der Waals surface area contributed by atoms with Gasteiger partial charge in [-0.15, -0.1) is 5.10 Å². The highest BCUT2D eigenvalue weighted by Crippen LogP contribution is 2.20. The predicted octanol–water partition coefficient (Wildman–Crippen LogP) is -1.22. The quantitative estimate of drug-likeness (QED) is 0.632. The van der Waals surface area contributed by atoms with Crippen molar-refractivity contribution in [3.05, 3.63) is 11.9 Å². The molecule has 1 aliphatic heterocycles. The van der Waals surface area contributed by atoms with Gasteiger partial charge in [0.15, 0.2) is 6.04 Å². The molecule has 0 saturated carbocycles. The zero-order chi connectivity index (χ0) is 14.4. The first-order chi connectivity index (χ1) is 9.76. The van der Waals surface area contributed by atoms with E-state index in [1.807, 2.05) is 4.90 Å². The van der Waals surface area contributed by atoms with E-state index in [4.69, 9.17) is 9.84 Å². The van der Waals surface area contributed by atoms with Crippen LogP contribution >= 0.6 is 0 Å². The standard InChI is InChI=1S/C12H21N5O3/c1-2-20-12(19)11(16-5-3-13-4-6-16)10-9-17(7-8-18)15-14-10/h9,11,13,18H,2-8H2,1H3. The van der Waals surface area contributed by atoms with Crippen molar-refractivity contribution in [2.24, 2.45) is 0 Å². The summed E-state index contributed by atoms with van der Waals surface area (Å²) in [7, 11) is 0. The Morgan fingerprint density at radius 3 is 2.95 bits per heavy atom. The molecule has 2 heterocycles. The van der Waals surface area contributed by atoms with E-state index < -0.39 is 6.04 Å². The molecule has 0 aromatic carbocycles. The smallest absolute Gasteiger partial charge is 0.329 e. The zero-order valence-electron chi connectivity index (χ0n) is 11.7. The van der Waals surface area contributed by atoms with Crippen molar-refractivity contribution in [3.63, 3.8) is 0 Å². The molecule has 1 aromatic heterocycles. The van der Waals surface area contributed by atoms with E-state index in [0.29, 0.717) is 18.8 Å². The summed E-state index contributed by atoms with van der Waals surface area (Å²) in [6, 6.07) is -0.524. The van der Waals surface area contributed by atoms with Crippen LogP contribution in [0.2, 0.25) is 0 Å². The minimum absolute atomic E-state index is 0.0134. The molecule has 20 heavy (non-hydrogen) atoms. The lowest BCUT2D eigenvalue weighted by atomic mass is 10.1. The number of hydrogen-bond acceptors (Lipinski definition) is 7. The van der Waals surface area contributed by atoms with Crippen LogP contribution in [0.5, 0.6) is 0 Å². The van der Waals surface area contributed by atoms with Crippen LogP contribution in [0.15, 0.2) is 6.20 Å². The summed E-state index contributed by atoms with van der Waals surface area (Å²) in [6.07, 6.45) is 1.69. The maximum Gasteiger partial charge on any atom is 0.329 e. The fourth-order valence-corrected chi connectivity index (χ4v) is 2.27. The predicted molar refractivity (Wildman–Crippen MR) is 70.9 cm³/mol. The number of ether oxygens (including phenoxy) is 1. The summed E-state index contributed by atoms with van der Waals surface area (Å²) < 4.78 is 6.68. The van der Waals surface area contributed by atoms with Crippen molar-refractivity contribution in [2.75, 3.05) is 39.4 Å². The van der Waals surface area contributed by atoms with Crippen LogP contribution in [0.1, 0.15) is 18.7 Å².